The Balaban J connectivity index is 1.73. The van der Waals surface area contributed by atoms with Crippen LogP contribution in [0.5, 0.6) is 0 Å². The Morgan fingerprint density at radius 2 is 2.06 bits per heavy atom. The van der Waals surface area contributed by atoms with Gasteiger partial charge in [-0.2, -0.15) is 5.10 Å². The zero-order chi connectivity index (χ0) is 11.0. The highest BCUT2D eigenvalue weighted by Crippen LogP contribution is 2.28. The van der Waals surface area contributed by atoms with Gasteiger partial charge >= 0.3 is 0 Å². The third-order valence-corrected chi connectivity index (χ3v) is 4.09. The summed E-state index contributed by atoms with van der Waals surface area (Å²) in [5, 5.41) is 7.15. The normalized spacial score (nSPS) is 23.2. The number of nitrogens with zero attached hydrogens (tertiary/aromatic N) is 2. The molecule has 0 aromatic carbocycles. The molecule has 0 spiro atoms. The van der Waals surface area contributed by atoms with Crippen LogP contribution in [0.4, 0.5) is 5.82 Å². The maximum absolute atomic E-state index is 5.88. The van der Waals surface area contributed by atoms with Crippen molar-refractivity contribution in [2.75, 3.05) is 12.3 Å². The van der Waals surface area contributed by atoms with E-state index in [9.17, 15) is 0 Å². The van der Waals surface area contributed by atoms with E-state index in [0.29, 0.717) is 5.82 Å². The van der Waals surface area contributed by atoms with Crippen molar-refractivity contribution in [2.45, 2.75) is 51.1 Å². The van der Waals surface area contributed by atoms with E-state index in [1.54, 1.807) is 0 Å². The van der Waals surface area contributed by atoms with Crippen LogP contribution >= 0.6 is 0 Å². The molecule has 2 aliphatic rings. The second-order valence-corrected chi connectivity index (χ2v) is 5.08. The van der Waals surface area contributed by atoms with Crippen LogP contribution in [-0.2, 0) is 13.0 Å². The third kappa shape index (κ3) is 1.71. The first-order valence-corrected chi connectivity index (χ1v) is 6.40. The Kier molecular flexibility index (Phi) is 2.59. The van der Waals surface area contributed by atoms with Gasteiger partial charge in [-0.3, -0.25) is 10.00 Å². The first-order valence-electron chi connectivity index (χ1n) is 6.40. The zero-order valence-corrected chi connectivity index (χ0v) is 9.71. The molecule has 0 amide bonds. The van der Waals surface area contributed by atoms with E-state index in [2.05, 4.69) is 15.1 Å². The summed E-state index contributed by atoms with van der Waals surface area (Å²) in [5.41, 5.74) is 8.39. The summed E-state index contributed by atoms with van der Waals surface area (Å²) in [6.07, 6.45) is 8.03. The monoisotopic (exact) mass is 220 g/mol. The second kappa shape index (κ2) is 4.09. The van der Waals surface area contributed by atoms with Crippen molar-refractivity contribution in [3.05, 3.63) is 11.3 Å². The molecule has 16 heavy (non-hydrogen) atoms. The molecule has 0 saturated heterocycles. The topological polar surface area (TPSA) is 57.9 Å². The van der Waals surface area contributed by atoms with E-state index in [0.717, 1.165) is 19.0 Å². The molecular formula is C12H20N4. The molecule has 1 aliphatic heterocycles. The van der Waals surface area contributed by atoms with Crippen LogP contribution < -0.4 is 5.73 Å². The molecule has 4 nitrogen and oxygen atoms in total. The summed E-state index contributed by atoms with van der Waals surface area (Å²) in [4.78, 5) is 2.60. The quantitative estimate of drug-likeness (QED) is 0.757. The Hall–Kier alpha value is -1.03. The Labute approximate surface area is 96.2 Å². The minimum atomic E-state index is 0.704. The number of aromatic amines is 1. The van der Waals surface area contributed by atoms with E-state index in [1.807, 2.05) is 0 Å². The lowest BCUT2D eigenvalue weighted by Crippen LogP contribution is -2.40. The molecule has 1 saturated carbocycles. The van der Waals surface area contributed by atoms with Gasteiger partial charge in [0.2, 0.25) is 0 Å². The fourth-order valence-electron chi connectivity index (χ4n) is 3.10. The van der Waals surface area contributed by atoms with Crippen LogP contribution in [0, 0.1) is 0 Å². The van der Waals surface area contributed by atoms with Crippen molar-refractivity contribution in [1.82, 2.24) is 15.1 Å². The van der Waals surface area contributed by atoms with Gasteiger partial charge in [0, 0.05) is 36.8 Å². The van der Waals surface area contributed by atoms with E-state index in [-0.39, 0.29) is 0 Å². The predicted molar refractivity (Wildman–Crippen MR) is 64.0 cm³/mol. The summed E-state index contributed by atoms with van der Waals surface area (Å²) in [6.45, 7) is 2.17. The maximum atomic E-state index is 5.88. The van der Waals surface area contributed by atoms with E-state index >= 15 is 0 Å². The van der Waals surface area contributed by atoms with Gasteiger partial charge in [-0.1, -0.05) is 19.3 Å². The number of hydrogen-bond donors (Lipinski definition) is 2. The molecule has 1 fully saturated rings. The third-order valence-electron chi connectivity index (χ3n) is 4.09. The van der Waals surface area contributed by atoms with Gasteiger partial charge in [-0.05, 0) is 12.8 Å². The van der Waals surface area contributed by atoms with Gasteiger partial charge in [-0.15, -0.1) is 0 Å². The van der Waals surface area contributed by atoms with Gasteiger partial charge < -0.3 is 5.73 Å². The van der Waals surface area contributed by atoms with E-state index < -0.39 is 0 Å². The van der Waals surface area contributed by atoms with Gasteiger partial charge in [-0.25, -0.2) is 0 Å². The van der Waals surface area contributed by atoms with Crippen LogP contribution in [0.3, 0.4) is 0 Å². The summed E-state index contributed by atoms with van der Waals surface area (Å²) in [5.74, 6) is 0.704. The number of anilines is 1. The minimum Gasteiger partial charge on any atom is -0.382 e. The molecule has 0 atom stereocenters. The SMILES string of the molecule is Nc1n[nH]c2c1CN(C1CCCCC1)CC2. The number of nitrogen functional groups attached to an aromatic ring is 1. The predicted octanol–water partition coefficient (Wildman–Crippen LogP) is 1.68. The summed E-state index contributed by atoms with van der Waals surface area (Å²) in [6, 6.07) is 0.788. The van der Waals surface area contributed by atoms with Gasteiger partial charge in [0.15, 0.2) is 0 Å². The van der Waals surface area contributed by atoms with Crippen molar-refractivity contribution in [3.63, 3.8) is 0 Å². The number of H-pyrrole nitrogens is 1. The van der Waals surface area contributed by atoms with Crippen molar-refractivity contribution >= 4 is 5.82 Å². The number of aromatic nitrogens is 2. The number of rotatable bonds is 1. The molecular weight excluding hydrogens is 200 g/mol. The number of nitrogens with two attached hydrogens (primary N) is 1. The van der Waals surface area contributed by atoms with E-state index in [1.165, 1.54) is 49.9 Å². The molecule has 3 rings (SSSR count). The molecule has 3 N–H and O–H groups in total. The highest BCUT2D eigenvalue weighted by molar-refractivity contribution is 5.43. The van der Waals surface area contributed by atoms with Crippen molar-refractivity contribution < 1.29 is 0 Å². The highest BCUT2D eigenvalue weighted by atomic mass is 15.2. The van der Waals surface area contributed by atoms with Crippen LogP contribution in [0.15, 0.2) is 0 Å². The zero-order valence-electron chi connectivity index (χ0n) is 9.71. The fourth-order valence-corrected chi connectivity index (χ4v) is 3.10. The average molecular weight is 220 g/mol. The molecule has 2 heterocycles. The fraction of sp³-hybridized carbons (Fsp3) is 0.750. The molecule has 1 aliphatic carbocycles. The van der Waals surface area contributed by atoms with Crippen molar-refractivity contribution in [2.24, 2.45) is 0 Å². The molecule has 88 valence electrons. The van der Waals surface area contributed by atoms with Gasteiger partial charge in [0.25, 0.3) is 0 Å². The van der Waals surface area contributed by atoms with Gasteiger partial charge in [0.1, 0.15) is 5.82 Å². The standard InChI is InChI=1S/C12H20N4/c13-12-10-8-16(7-6-11(10)14-15-12)9-4-2-1-3-5-9/h9H,1-8H2,(H3,13,14,15). The largest absolute Gasteiger partial charge is 0.382 e. The van der Waals surface area contributed by atoms with Gasteiger partial charge in [0.05, 0.1) is 0 Å². The van der Waals surface area contributed by atoms with Crippen LogP contribution in [0.25, 0.3) is 0 Å². The molecule has 0 unspecified atom stereocenters. The van der Waals surface area contributed by atoms with E-state index in [4.69, 9.17) is 5.73 Å². The number of fused-ring (bicyclic) bond motifs is 1. The first kappa shape index (κ1) is 10.1. The van der Waals surface area contributed by atoms with Crippen LogP contribution in [-0.4, -0.2) is 27.7 Å². The maximum Gasteiger partial charge on any atom is 0.149 e. The second-order valence-electron chi connectivity index (χ2n) is 5.08. The van der Waals surface area contributed by atoms with Crippen molar-refractivity contribution in [3.8, 4) is 0 Å². The molecule has 0 radical (unpaired) electrons. The highest BCUT2D eigenvalue weighted by Gasteiger charge is 2.27. The van der Waals surface area contributed by atoms with Crippen LogP contribution in [0.2, 0.25) is 0 Å². The Morgan fingerprint density at radius 3 is 2.88 bits per heavy atom. The lowest BCUT2D eigenvalue weighted by Gasteiger charge is -2.36. The number of nitrogens with one attached hydrogen (secondary N) is 1. The summed E-state index contributed by atoms with van der Waals surface area (Å²) >= 11 is 0. The lowest BCUT2D eigenvalue weighted by atomic mass is 9.92. The first-order chi connectivity index (χ1) is 7.84. The molecule has 0 bridgehead atoms. The van der Waals surface area contributed by atoms with Crippen LogP contribution in [0.1, 0.15) is 43.4 Å². The smallest absolute Gasteiger partial charge is 0.149 e. The summed E-state index contributed by atoms with van der Waals surface area (Å²) in [7, 11) is 0. The summed E-state index contributed by atoms with van der Waals surface area (Å²) < 4.78 is 0. The number of hydrogen-bond acceptors (Lipinski definition) is 3. The Bertz CT molecular complexity index is 365. The average Bonchev–Trinajstić information content (AvgIpc) is 2.72. The molecule has 1 aromatic heterocycles. The van der Waals surface area contributed by atoms with Crippen molar-refractivity contribution in [1.29, 1.82) is 0 Å². The molecule has 1 aromatic rings. The lowest BCUT2D eigenvalue weighted by molar-refractivity contribution is 0.141. The Morgan fingerprint density at radius 1 is 1.25 bits per heavy atom. The minimum absolute atomic E-state index is 0.704. The molecule has 4 heteroatoms.